The highest BCUT2D eigenvalue weighted by atomic mass is 15.1. The molecule has 0 saturated heterocycles. The van der Waals surface area contributed by atoms with Crippen LogP contribution in [0.5, 0.6) is 0 Å². The predicted octanol–water partition coefficient (Wildman–Crippen LogP) is 8.84. The predicted molar refractivity (Wildman–Crippen MR) is 164 cm³/mol. The van der Waals surface area contributed by atoms with Crippen molar-refractivity contribution < 1.29 is 0 Å². The molecule has 4 nitrogen and oxygen atoms in total. The molecule has 0 bridgehead atoms. The van der Waals surface area contributed by atoms with Gasteiger partial charge in [-0.05, 0) is 103 Å². The molecule has 0 N–H and O–H groups in total. The molecule has 2 aromatic heterocycles. The van der Waals surface area contributed by atoms with Gasteiger partial charge in [0.1, 0.15) is 5.82 Å². The fraction of sp³-hybridized carbons (Fsp3) is 0.111. The van der Waals surface area contributed by atoms with Gasteiger partial charge in [-0.1, -0.05) is 71.8 Å². The number of nitrogens with zero attached hydrogens (tertiary/aromatic N) is 4. The minimum atomic E-state index is 0.754. The lowest BCUT2D eigenvalue weighted by Crippen LogP contribution is -1.95. The summed E-state index contributed by atoms with van der Waals surface area (Å²) >= 11 is 0. The average molecular weight is 519 g/mol. The first kappa shape index (κ1) is 25.3. The zero-order valence-electron chi connectivity index (χ0n) is 23.2. The van der Waals surface area contributed by atoms with Crippen molar-refractivity contribution in [2.75, 3.05) is 0 Å². The van der Waals surface area contributed by atoms with E-state index in [1.54, 1.807) is 0 Å². The van der Waals surface area contributed by atoms with Crippen molar-refractivity contribution in [1.29, 1.82) is 0 Å². The van der Waals surface area contributed by atoms with Crippen LogP contribution in [0.1, 0.15) is 22.6 Å². The average Bonchev–Trinajstić information content (AvgIpc) is 2.98. The fourth-order valence-corrected chi connectivity index (χ4v) is 4.96. The Morgan fingerprint density at radius 3 is 1.80 bits per heavy atom. The van der Waals surface area contributed by atoms with Gasteiger partial charge < -0.3 is 0 Å². The van der Waals surface area contributed by atoms with Crippen molar-refractivity contribution in [2.45, 2.75) is 27.7 Å². The molecule has 2 heterocycles. The van der Waals surface area contributed by atoms with Crippen molar-refractivity contribution >= 4 is 0 Å². The van der Waals surface area contributed by atoms with Gasteiger partial charge >= 0.3 is 0 Å². The number of rotatable bonds is 5. The van der Waals surface area contributed by atoms with Crippen LogP contribution in [0.15, 0.2) is 109 Å². The highest BCUT2D eigenvalue weighted by Crippen LogP contribution is 2.39. The molecule has 0 aliphatic heterocycles. The summed E-state index contributed by atoms with van der Waals surface area (Å²) in [6.07, 6.45) is 3.77. The maximum atomic E-state index is 4.56. The van der Waals surface area contributed by atoms with E-state index in [0.29, 0.717) is 0 Å². The summed E-state index contributed by atoms with van der Waals surface area (Å²) in [7, 11) is 0. The Morgan fingerprint density at radius 1 is 0.425 bits per heavy atom. The van der Waals surface area contributed by atoms with Crippen LogP contribution in [0, 0.1) is 27.7 Å². The van der Waals surface area contributed by atoms with E-state index in [1.807, 2.05) is 38.4 Å². The minimum absolute atomic E-state index is 0.754. The Morgan fingerprint density at radius 2 is 1.10 bits per heavy atom. The molecule has 4 aromatic carbocycles. The molecule has 0 spiro atoms. The lowest BCUT2D eigenvalue weighted by atomic mass is 9.89. The lowest BCUT2D eigenvalue weighted by molar-refractivity contribution is 0.987. The van der Waals surface area contributed by atoms with E-state index in [2.05, 4.69) is 119 Å². The van der Waals surface area contributed by atoms with E-state index in [9.17, 15) is 0 Å². The summed E-state index contributed by atoms with van der Waals surface area (Å²) in [5.41, 5.74) is 14.2. The summed E-state index contributed by atoms with van der Waals surface area (Å²) in [6.45, 7) is 8.11. The van der Waals surface area contributed by atoms with Gasteiger partial charge in [-0.25, -0.2) is 9.97 Å². The zero-order valence-corrected chi connectivity index (χ0v) is 23.2. The van der Waals surface area contributed by atoms with Gasteiger partial charge in [0, 0.05) is 23.5 Å². The topological polar surface area (TPSA) is 51.6 Å². The maximum absolute atomic E-state index is 4.56. The molecule has 0 fully saturated rings. The van der Waals surface area contributed by atoms with Crippen molar-refractivity contribution in [2.24, 2.45) is 0 Å². The largest absolute Gasteiger partial charge is 0.241 e. The molecular formula is C36H30N4. The molecule has 4 heteroatoms. The van der Waals surface area contributed by atoms with Gasteiger partial charge in [0.2, 0.25) is 0 Å². The fourth-order valence-electron chi connectivity index (χ4n) is 4.96. The van der Waals surface area contributed by atoms with Crippen molar-refractivity contribution in [3.63, 3.8) is 0 Å². The molecule has 0 amide bonds. The van der Waals surface area contributed by atoms with Crippen molar-refractivity contribution in [3.8, 4) is 55.8 Å². The van der Waals surface area contributed by atoms with Gasteiger partial charge in [-0.3, -0.25) is 0 Å². The minimum Gasteiger partial charge on any atom is -0.241 e. The SMILES string of the molecule is Cc1ccc(-c2cc(-c3cccc(C)c3)cc(-c3cc(-c4cnc(C)nc4)ccc3-c3ccc(C)nn3)c2)cc1. The summed E-state index contributed by atoms with van der Waals surface area (Å²) in [6, 6.07) is 34.8. The van der Waals surface area contributed by atoms with Gasteiger partial charge in [-0.2, -0.15) is 10.2 Å². The first-order valence-electron chi connectivity index (χ1n) is 13.5. The van der Waals surface area contributed by atoms with E-state index in [4.69, 9.17) is 0 Å². The second-order valence-corrected chi connectivity index (χ2v) is 10.4. The van der Waals surface area contributed by atoms with Crippen LogP contribution in [0.4, 0.5) is 0 Å². The monoisotopic (exact) mass is 518 g/mol. The number of aryl methyl sites for hydroxylation is 4. The van der Waals surface area contributed by atoms with Crippen molar-refractivity contribution in [1.82, 2.24) is 20.2 Å². The van der Waals surface area contributed by atoms with Gasteiger partial charge in [0.15, 0.2) is 0 Å². The van der Waals surface area contributed by atoms with E-state index in [-0.39, 0.29) is 0 Å². The van der Waals surface area contributed by atoms with E-state index < -0.39 is 0 Å². The summed E-state index contributed by atoms with van der Waals surface area (Å²) < 4.78 is 0. The first-order valence-corrected chi connectivity index (χ1v) is 13.5. The van der Waals surface area contributed by atoms with Crippen LogP contribution in [0.2, 0.25) is 0 Å². The van der Waals surface area contributed by atoms with E-state index >= 15 is 0 Å². The molecule has 6 rings (SSSR count). The normalized spacial score (nSPS) is 11.0. The van der Waals surface area contributed by atoms with Crippen LogP contribution in [0.3, 0.4) is 0 Å². The molecule has 0 atom stereocenters. The smallest absolute Gasteiger partial charge is 0.125 e. The third-order valence-electron chi connectivity index (χ3n) is 7.19. The summed E-state index contributed by atoms with van der Waals surface area (Å²) in [5.74, 6) is 0.754. The lowest BCUT2D eigenvalue weighted by Gasteiger charge is -2.16. The molecular weight excluding hydrogens is 488 g/mol. The maximum Gasteiger partial charge on any atom is 0.125 e. The van der Waals surface area contributed by atoms with Crippen LogP contribution in [-0.4, -0.2) is 20.2 Å². The Labute approximate surface area is 235 Å². The molecule has 0 radical (unpaired) electrons. The third kappa shape index (κ3) is 5.29. The molecule has 0 unspecified atom stereocenters. The van der Waals surface area contributed by atoms with Crippen molar-refractivity contribution in [3.05, 3.63) is 132 Å². The number of benzene rings is 4. The highest BCUT2D eigenvalue weighted by Gasteiger charge is 2.15. The number of hydrogen-bond donors (Lipinski definition) is 0. The Bertz CT molecular complexity index is 1800. The zero-order chi connectivity index (χ0) is 27.6. The van der Waals surface area contributed by atoms with Crippen LogP contribution in [0.25, 0.3) is 55.8 Å². The Hall–Kier alpha value is -4.96. The summed E-state index contributed by atoms with van der Waals surface area (Å²) in [4.78, 5) is 8.88. The molecule has 40 heavy (non-hydrogen) atoms. The number of aromatic nitrogens is 4. The Kier molecular flexibility index (Phi) is 6.75. The van der Waals surface area contributed by atoms with Crippen LogP contribution < -0.4 is 0 Å². The van der Waals surface area contributed by atoms with E-state index in [0.717, 1.165) is 45.0 Å². The number of hydrogen-bond acceptors (Lipinski definition) is 4. The molecule has 0 aliphatic carbocycles. The second kappa shape index (κ2) is 10.7. The third-order valence-corrected chi connectivity index (χ3v) is 7.19. The Balaban J connectivity index is 1.61. The first-order chi connectivity index (χ1) is 19.4. The van der Waals surface area contributed by atoms with Gasteiger partial charge in [0.25, 0.3) is 0 Å². The van der Waals surface area contributed by atoms with Gasteiger partial charge in [0.05, 0.1) is 11.4 Å². The molecule has 194 valence electrons. The second-order valence-electron chi connectivity index (χ2n) is 10.4. The molecule has 0 saturated carbocycles. The van der Waals surface area contributed by atoms with Gasteiger partial charge in [-0.15, -0.1) is 0 Å². The van der Waals surface area contributed by atoms with Crippen LogP contribution >= 0.6 is 0 Å². The molecule has 6 aromatic rings. The quantitative estimate of drug-likeness (QED) is 0.229. The highest BCUT2D eigenvalue weighted by molar-refractivity contribution is 5.90. The van der Waals surface area contributed by atoms with Crippen LogP contribution in [-0.2, 0) is 0 Å². The summed E-state index contributed by atoms with van der Waals surface area (Å²) in [5, 5.41) is 8.92. The molecule has 0 aliphatic rings. The van der Waals surface area contributed by atoms with E-state index in [1.165, 1.54) is 33.4 Å². The standard InChI is InChI=1S/C36H30N4/c1-23-8-11-27(12-9-23)30-17-31(28-7-5-6-24(2)16-28)19-32(18-30)35-20-29(33-21-37-26(4)38-22-33)13-14-34(35)36-15-10-25(3)39-40-36/h5-22H,1-4H3.